The molecule has 0 aliphatic carbocycles. The van der Waals surface area contributed by atoms with Crippen LogP contribution in [0.5, 0.6) is 0 Å². The van der Waals surface area contributed by atoms with Crippen molar-refractivity contribution in [1.82, 2.24) is 20.6 Å². The molecule has 0 bridgehead atoms. The summed E-state index contributed by atoms with van der Waals surface area (Å²) in [5.41, 5.74) is 2.65. The molecular weight excluding hydrogens is 448 g/mol. The number of aryl methyl sites for hydroxylation is 1. The number of rotatable bonds is 11. The third-order valence-electron chi connectivity index (χ3n) is 5.43. The number of fused-ring (bicyclic) bond motifs is 1. The van der Waals surface area contributed by atoms with Crippen LogP contribution in [0.4, 0.5) is 5.82 Å². The summed E-state index contributed by atoms with van der Waals surface area (Å²) in [4.78, 5) is 56.9. The Balaban J connectivity index is 1.78. The molecule has 2 aromatic heterocycles. The number of aromatic amines is 1. The van der Waals surface area contributed by atoms with Gasteiger partial charge >= 0.3 is 0 Å². The number of amides is 3. The summed E-state index contributed by atoms with van der Waals surface area (Å²) >= 11 is 0. The van der Waals surface area contributed by atoms with E-state index in [2.05, 4.69) is 25.9 Å². The number of nitrogens with zero attached hydrogens (tertiary/aromatic N) is 1. The van der Waals surface area contributed by atoms with Crippen LogP contribution >= 0.6 is 0 Å². The van der Waals surface area contributed by atoms with Crippen LogP contribution in [-0.2, 0) is 25.6 Å². The van der Waals surface area contributed by atoms with Crippen molar-refractivity contribution in [2.24, 2.45) is 0 Å². The van der Waals surface area contributed by atoms with Gasteiger partial charge in [-0.05, 0) is 36.6 Å². The van der Waals surface area contributed by atoms with Gasteiger partial charge in [0.15, 0.2) is 5.78 Å². The predicted octanol–water partition coefficient (Wildman–Crippen LogP) is 2.04. The Morgan fingerprint density at radius 2 is 1.83 bits per heavy atom. The van der Waals surface area contributed by atoms with Gasteiger partial charge in [-0.3, -0.25) is 19.2 Å². The number of nitrogens with one attached hydrogen (secondary N) is 5. The molecule has 2 heterocycles. The molecule has 0 aliphatic heterocycles. The first-order chi connectivity index (χ1) is 16.8. The quantitative estimate of drug-likeness (QED) is 0.268. The highest BCUT2D eigenvalue weighted by Crippen LogP contribution is 2.19. The van der Waals surface area contributed by atoms with Crippen LogP contribution < -0.4 is 16.0 Å². The molecule has 0 spiro atoms. The molecule has 35 heavy (non-hydrogen) atoms. The number of H-pyrrole nitrogens is 1. The van der Waals surface area contributed by atoms with E-state index in [1.807, 2.05) is 31.2 Å². The number of hydrogen-bond acceptors (Lipinski definition) is 6. The third kappa shape index (κ3) is 7.07. The van der Waals surface area contributed by atoms with Crippen LogP contribution in [0.1, 0.15) is 30.9 Å². The Morgan fingerprint density at radius 1 is 1.06 bits per heavy atom. The highest BCUT2D eigenvalue weighted by molar-refractivity contribution is 6.26. The summed E-state index contributed by atoms with van der Waals surface area (Å²) in [5.74, 6) is -1.68. The molecule has 3 rings (SSSR count). The molecule has 3 aromatic rings. The minimum Gasteiger partial charge on any atom is -0.361 e. The minimum absolute atomic E-state index is 0.0163. The summed E-state index contributed by atoms with van der Waals surface area (Å²) in [5, 5.41) is 16.0. The molecule has 0 aliphatic rings. The van der Waals surface area contributed by atoms with Gasteiger partial charge in [0.05, 0.1) is 6.21 Å². The summed E-state index contributed by atoms with van der Waals surface area (Å²) < 4.78 is 0. The monoisotopic (exact) mass is 476 g/mol. The van der Waals surface area contributed by atoms with E-state index in [1.54, 1.807) is 24.5 Å². The van der Waals surface area contributed by atoms with E-state index >= 15 is 0 Å². The SMILES string of the molecule is CC(=O)N[C@@H](Cc1c[nH]c2ccccc12)C(=O)N[C@@H](CCC(=O)C=N)C(=O)Nc1ccc(C)cn1. The Labute approximate surface area is 202 Å². The molecule has 0 unspecified atom stereocenters. The van der Waals surface area contributed by atoms with Crippen molar-refractivity contribution in [2.45, 2.75) is 45.2 Å². The van der Waals surface area contributed by atoms with Gasteiger partial charge < -0.3 is 26.3 Å². The lowest BCUT2D eigenvalue weighted by molar-refractivity contribution is -0.130. The van der Waals surface area contributed by atoms with Gasteiger partial charge in [-0.1, -0.05) is 24.3 Å². The lowest BCUT2D eigenvalue weighted by Crippen LogP contribution is -2.53. The maximum Gasteiger partial charge on any atom is 0.248 e. The highest BCUT2D eigenvalue weighted by Gasteiger charge is 2.27. The normalized spacial score (nSPS) is 12.4. The van der Waals surface area contributed by atoms with Crippen molar-refractivity contribution in [3.8, 4) is 0 Å². The maximum atomic E-state index is 13.2. The van der Waals surface area contributed by atoms with Crippen molar-refractivity contribution >= 4 is 46.4 Å². The largest absolute Gasteiger partial charge is 0.361 e. The number of anilines is 1. The first-order valence-corrected chi connectivity index (χ1v) is 11.2. The van der Waals surface area contributed by atoms with Crippen LogP contribution in [0, 0.1) is 12.3 Å². The molecule has 1 aromatic carbocycles. The average molecular weight is 477 g/mol. The molecular formula is C25H28N6O4. The Hall–Kier alpha value is -4.34. The smallest absolute Gasteiger partial charge is 0.248 e. The molecule has 0 fully saturated rings. The molecule has 10 nitrogen and oxygen atoms in total. The van der Waals surface area contributed by atoms with E-state index in [4.69, 9.17) is 5.41 Å². The average Bonchev–Trinajstić information content (AvgIpc) is 3.24. The van der Waals surface area contributed by atoms with E-state index in [1.165, 1.54) is 6.92 Å². The zero-order valence-corrected chi connectivity index (χ0v) is 19.6. The lowest BCUT2D eigenvalue weighted by atomic mass is 10.0. The van der Waals surface area contributed by atoms with Crippen molar-refractivity contribution in [3.05, 3.63) is 59.9 Å². The number of hydrogen-bond donors (Lipinski definition) is 5. The number of aromatic nitrogens is 2. The second-order valence-electron chi connectivity index (χ2n) is 8.24. The van der Waals surface area contributed by atoms with Crippen molar-refractivity contribution in [1.29, 1.82) is 5.41 Å². The Morgan fingerprint density at radius 3 is 2.51 bits per heavy atom. The van der Waals surface area contributed by atoms with Crippen LogP contribution in [0.25, 0.3) is 10.9 Å². The minimum atomic E-state index is -1.08. The van der Waals surface area contributed by atoms with Crippen molar-refractivity contribution in [2.75, 3.05) is 5.32 Å². The van der Waals surface area contributed by atoms with Crippen molar-refractivity contribution in [3.63, 3.8) is 0 Å². The number of para-hydroxylation sites is 1. The second kappa shape index (κ2) is 11.7. The van der Waals surface area contributed by atoms with E-state index in [9.17, 15) is 19.2 Å². The molecule has 3 amide bonds. The fraction of sp³-hybridized carbons (Fsp3) is 0.280. The number of benzene rings is 1. The molecule has 182 valence electrons. The number of Topliss-reactive ketones (excluding diaryl/α,β-unsaturated/α-hetero) is 1. The van der Waals surface area contributed by atoms with E-state index < -0.39 is 35.6 Å². The first kappa shape index (κ1) is 25.3. The maximum absolute atomic E-state index is 13.2. The Bertz CT molecular complexity index is 1230. The highest BCUT2D eigenvalue weighted by atomic mass is 16.2. The predicted molar refractivity (Wildman–Crippen MR) is 132 cm³/mol. The van der Waals surface area contributed by atoms with Crippen LogP contribution in [0.15, 0.2) is 48.8 Å². The van der Waals surface area contributed by atoms with Gasteiger partial charge in [-0.2, -0.15) is 0 Å². The molecule has 0 saturated carbocycles. The van der Waals surface area contributed by atoms with E-state index in [-0.39, 0.29) is 19.3 Å². The number of ketones is 1. The van der Waals surface area contributed by atoms with Gasteiger partial charge in [-0.15, -0.1) is 0 Å². The van der Waals surface area contributed by atoms with Gasteiger partial charge in [0.25, 0.3) is 0 Å². The first-order valence-electron chi connectivity index (χ1n) is 11.2. The topological polar surface area (TPSA) is 157 Å². The summed E-state index contributed by atoms with van der Waals surface area (Å²) in [6.45, 7) is 3.17. The summed E-state index contributed by atoms with van der Waals surface area (Å²) in [6, 6.07) is 8.99. The van der Waals surface area contributed by atoms with Crippen LogP contribution in [-0.4, -0.2) is 51.8 Å². The number of carbonyl (C=O) groups is 4. The van der Waals surface area contributed by atoms with Gasteiger partial charge in [0.1, 0.15) is 17.9 Å². The van der Waals surface area contributed by atoms with E-state index in [0.29, 0.717) is 12.0 Å². The fourth-order valence-corrected chi connectivity index (χ4v) is 3.63. The van der Waals surface area contributed by atoms with E-state index in [0.717, 1.165) is 22.0 Å². The zero-order valence-electron chi connectivity index (χ0n) is 19.6. The van der Waals surface area contributed by atoms with Crippen molar-refractivity contribution < 1.29 is 19.2 Å². The summed E-state index contributed by atoms with van der Waals surface area (Å²) in [7, 11) is 0. The molecule has 0 saturated heterocycles. The van der Waals surface area contributed by atoms with Gasteiger partial charge in [-0.25, -0.2) is 4.98 Å². The standard InChI is InChI=1S/C25H28N6O4/c1-15-7-10-23(28-13-15)31-24(34)21(9-8-18(33)12-26)30-25(35)22(29-16(2)32)11-17-14-27-20-6-4-3-5-19(17)20/h3-7,10,12-14,21-22,26-27H,8-9,11H2,1-2H3,(H,29,32)(H,30,35)(H,28,31,34)/t21-,22-/m0/s1. The van der Waals surface area contributed by atoms with Crippen LogP contribution in [0.3, 0.4) is 0 Å². The lowest BCUT2D eigenvalue weighted by Gasteiger charge is -2.22. The van der Waals surface area contributed by atoms with Crippen LogP contribution in [0.2, 0.25) is 0 Å². The summed E-state index contributed by atoms with van der Waals surface area (Å²) in [6.07, 6.45) is 4.13. The second-order valence-corrected chi connectivity index (χ2v) is 8.24. The molecule has 0 radical (unpaired) electrons. The molecule has 5 N–H and O–H groups in total. The fourth-order valence-electron chi connectivity index (χ4n) is 3.63. The third-order valence-corrected chi connectivity index (χ3v) is 5.43. The molecule has 10 heteroatoms. The number of pyridine rings is 1. The van der Waals surface area contributed by atoms with Gasteiger partial charge in [0.2, 0.25) is 17.7 Å². The number of carbonyl (C=O) groups excluding carboxylic acids is 4. The molecule has 2 atom stereocenters. The van der Waals surface area contributed by atoms with Gasteiger partial charge in [0, 0.05) is 43.1 Å². The Kier molecular flexibility index (Phi) is 8.44. The zero-order chi connectivity index (χ0) is 25.4.